The second kappa shape index (κ2) is 5.01. The third-order valence-electron chi connectivity index (χ3n) is 2.34. The predicted molar refractivity (Wildman–Crippen MR) is 62.4 cm³/mol. The van der Waals surface area contributed by atoms with E-state index in [1.54, 1.807) is 13.0 Å². The van der Waals surface area contributed by atoms with Gasteiger partial charge in [-0.3, -0.25) is 0 Å². The number of aromatic nitrogens is 1. The number of benzene rings is 1. The number of halogens is 2. The van der Waals surface area contributed by atoms with Crippen LogP contribution >= 0.6 is 0 Å². The van der Waals surface area contributed by atoms with Crippen molar-refractivity contribution >= 4 is 5.97 Å². The molecule has 19 heavy (non-hydrogen) atoms. The average molecular weight is 265 g/mol. The van der Waals surface area contributed by atoms with Crippen LogP contribution in [0.3, 0.4) is 0 Å². The van der Waals surface area contributed by atoms with Gasteiger partial charge in [0.1, 0.15) is 11.4 Å². The first kappa shape index (κ1) is 12.9. The van der Waals surface area contributed by atoms with Crippen molar-refractivity contribution in [1.29, 1.82) is 0 Å². The Morgan fingerprint density at radius 1 is 1.32 bits per heavy atom. The molecule has 2 aromatic rings. The van der Waals surface area contributed by atoms with Crippen LogP contribution in [0.4, 0.5) is 8.78 Å². The molecule has 0 atom stereocenters. The Bertz CT molecular complexity index is 644. The van der Waals surface area contributed by atoms with E-state index in [4.69, 9.17) is 9.84 Å². The van der Waals surface area contributed by atoms with Crippen molar-refractivity contribution in [2.45, 2.75) is 6.92 Å². The number of pyridine rings is 1. The fourth-order valence-corrected chi connectivity index (χ4v) is 1.45. The Balaban J connectivity index is 2.43. The van der Waals surface area contributed by atoms with Gasteiger partial charge in [0.05, 0.1) is 6.20 Å². The molecule has 0 spiro atoms. The fourth-order valence-electron chi connectivity index (χ4n) is 1.45. The third-order valence-corrected chi connectivity index (χ3v) is 2.34. The van der Waals surface area contributed by atoms with E-state index < -0.39 is 23.2 Å². The van der Waals surface area contributed by atoms with E-state index in [1.165, 1.54) is 12.1 Å². The molecule has 0 aliphatic rings. The molecule has 0 radical (unpaired) electrons. The van der Waals surface area contributed by atoms with E-state index in [2.05, 4.69) is 4.98 Å². The van der Waals surface area contributed by atoms with Gasteiger partial charge in [0.25, 0.3) is 0 Å². The summed E-state index contributed by atoms with van der Waals surface area (Å²) >= 11 is 0. The molecule has 0 saturated carbocycles. The second-order valence-electron chi connectivity index (χ2n) is 3.85. The summed E-state index contributed by atoms with van der Waals surface area (Å²) in [4.78, 5) is 14.5. The summed E-state index contributed by atoms with van der Waals surface area (Å²) in [6, 6.07) is 4.89. The molecule has 0 unspecified atom stereocenters. The molecular formula is C13H9F2NO3. The van der Waals surface area contributed by atoms with Gasteiger partial charge in [-0.15, -0.1) is 0 Å². The van der Waals surface area contributed by atoms with Gasteiger partial charge in [0, 0.05) is 0 Å². The molecule has 1 heterocycles. The third kappa shape index (κ3) is 2.85. The van der Waals surface area contributed by atoms with Gasteiger partial charge < -0.3 is 9.84 Å². The van der Waals surface area contributed by atoms with Crippen molar-refractivity contribution < 1.29 is 23.4 Å². The lowest BCUT2D eigenvalue weighted by Crippen LogP contribution is -2.03. The second-order valence-corrected chi connectivity index (χ2v) is 3.85. The molecule has 0 amide bonds. The maximum atomic E-state index is 13.5. The van der Waals surface area contributed by atoms with E-state index in [1.807, 2.05) is 0 Å². The number of carboxylic acids is 1. The largest absolute Gasteiger partial charge is 0.477 e. The summed E-state index contributed by atoms with van der Waals surface area (Å²) < 4.78 is 31.5. The van der Waals surface area contributed by atoms with Crippen LogP contribution in [0.15, 0.2) is 30.5 Å². The van der Waals surface area contributed by atoms with Crippen LogP contribution in [-0.4, -0.2) is 16.1 Å². The molecule has 0 fully saturated rings. The van der Waals surface area contributed by atoms with Crippen molar-refractivity contribution in [3.8, 4) is 11.6 Å². The highest BCUT2D eigenvalue weighted by Crippen LogP contribution is 2.26. The Kier molecular flexibility index (Phi) is 3.41. The fraction of sp³-hybridized carbons (Fsp3) is 0.0769. The topological polar surface area (TPSA) is 59.4 Å². The van der Waals surface area contributed by atoms with Gasteiger partial charge in [0.2, 0.25) is 5.88 Å². The summed E-state index contributed by atoms with van der Waals surface area (Å²) in [5.74, 6) is -3.41. The predicted octanol–water partition coefficient (Wildman–Crippen LogP) is 3.16. The van der Waals surface area contributed by atoms with E-state index in [9.17, 15) is 13.6 Å². The molecule has 1 aromatic carbocycles. The highest BCUT2D eigenvalue weighted by atomic mass is 19.1. The highest BCUT2D eigenvalue weighted by molar-refractivity contribution is 5.90. The molecule has 0 bridgehead atoms. The first-order chi connectivity index (χ1) is 8.97. The first-order valence-corrected chi connectivity index (χ1v) is 5.30. The monoisotopic (exact) mass is 265 g/mol. The van der Waals surface area contributed by atoms with Crippen LogP contribution in [0, 0.1) is 18.6 Å². The minimum Gasteiger partial charge on any atom is -0.477 e. The molecule has 1 N–H and O–H groups in total. The van der Waals surface area contributed by atoms with Gasteiger partial charge in [0.15, 0.2) is 11.6 Å². The van der Waals surface area contributed by atoms with Crippen LogP contribution in [0.1, 0.15) is 15.9 Å². The standard InChI is InChI=1S/C13H9F2NO3/c1-7-2-3-10(15)11(4-7)19-12-9(13(17)18)5-8(14)6-16-12/h2-6H,1H3,(H,17,18). The molecular weight excluding hydrogens is 256 g/mol. The number of ether oxygens (including phenoxy) is 1. The summed E-state index contributed by atoms with van der Waals surface area (Å²) in [7, 11) is 0. The normalized spacial score (nSPS) is 10.3. The van der Waals surface area contributed by atoms with Crippen molar-refractivity contribution in [3.63, 3.8) is 0 Å². The molecule has 6 heteroatoms. The van der Waals surface area contributed by atoms with Crippen LogP contribution in [-0.2, 0) is 0 Å². The van der Waals surface area contributed by atoms with Crippen LogP contribution in [0.2, 0.25) is 0 Å². The molecule has 98 valence electrons. The average Bonchev–Trinajstić information content (AvgIpc) is 2.35. The number of carbonyl (C=O) groups is 1. The lowest BCUT2D eigenvalue weighted by atomic mass is 10.2. The maximum absolute atomic E-state index is 13.5. The lowest BCUT2D eigenvalue weighted by molar-refractivity contribution is 0.0692. The minimum atomic E-state index is -1.41. The lowest BCUT2D eigenvalue weighted by Gasteiger charge is -2.08. The molecule has 1 aromatic heterocycles. The van der Waals surface area contributed by atoms with E-state index in [-0.39, 0.29) is 11.6 Å². The molecule has 4 nitrogen and oxygen atoms in total. The van der Waals surface area contributed by atoms with Crippen LogP contribution < -0.4 is 4.74 Å². The number of hydrogen-bond acceptors (Lipinski definition) is 3. The summed E-state index contributed by atoms with van der Waals surface area (Å²) in [6.45, 7) is 1.72. The molecule has 2 rings (SSSR count). The summed E-state index contributed by atoms with van der Waals surface area (Å²) in [5.41, 5.74) is 0.260. The number of aryl methyl sites for hydroxylation is 1. The summed E-state index contributed by atoms with van der Waals surface area (Å²) in [5, 5.41) is 8.91. The van der Waals surface area contributed by atoms with Crippen LogP contribution in [0.5, 0.6) is 11.6 Å². The van der Waals surface area contributed by atoms with E-state index >= 15 is 0 Å². The number of carboxylic acid groups (broad SMARTS) is 1. The van der Waals surface area contributed by atoms with Crippen molar-refractivity contribution in [2.75, 3.05) is 0 Å². The SMILES string of the molecule is Cc1ccc(F)c(Oc2ncc(F)cc2C(=O)O)c1. The zero-order valence-electron chi connectivity index (χ0n) is 9.85. The van der Waals surface area contributed by atoms with E-state index in [0.29, 0.717) is 0 Å². The Morgan fingerprint density at radius 2 is 2.05 bits per heavy atom. The number of rotatable bonds is 3. The Labute approximate surface area is 107 Å². The molecule has 0 aliphatic heterocycles. The van der Waals surface area contributed by atoms with Gasteiger partial charge in [-0.1, -0.05) is 6.07 Å². The number of nitrogens with zero attached hydrogens (tertiary/aromatic N) is 1. The molecule has 0 saturated heterocycles. The van der Waals surface area contributed by atoms with Gasteiger partial charge in [-0.25, -0.2) is 18.6 Å². The van der Waals surface area contributed by atoms with Gasteiger partial charge >= 0.3 is 5.97 Å². The van der Waals surface area contributed by atoms with Crippen molar-refractivity contribution in [2.24, 2.45) is 0 Å². The quantitative estimate of drug-likeness (QED) is 0.926. The highest BCUT2D eigenvalue weighted by Gasteiger charge is 2.16. The smallest absolute Gasteiger partial charge is 0.341 e. The zero-order chi connectivity index (χ0) is 14.0. The van der Waals surface area contributed by atoms with Crippen molar-refractivity contribution in [3.05, 3.63) is 53.2 Å². The first-order valence-electron chi connectivity index (χ1n) is 5.30. The number of hydrogen-bond donors (Lipinski definition) is 1. The minimum absolute atomic E-state index is 0.165. The summed E-state index contributed by atoms with van der Waals surface area (Å²) in [6.07, 6.45) is 0.801. The maximum Gasteiger partial charge on any atom is 0.341 e. The zero-order valence-corrected chi connectivity index (χ0v) is 9.85. The van der Waals surface area contributed by atoms with Gasteiger partial charge in [-0.05, 0) is 30.7 Å². The Hall–Kier alpha value is -2.50. The van der Waals surface area contributed by atoms with Crippen LogP contribution in [0.25, 0.3) is 0 Å². The van der Waals surface area contributed by atoms with E-state index in [0.717, 1.165) is 17.8 Å². The number of aromatic carboxylic acids is 1. The molecule has 0 aliphatic carbocycles. The van der Waals surface area contributed by atoms with Crippen molar-refractivity contribution in [1.82, 2.24) is 4.98 Å². The Morgan fingerprint density at radius 3 is 2.74 bits per heavy atom. The van der Waals surface area contributed by atoms with Gasteiger partial charge in [-0.2, -0.15) is 0 Å².